The Balaban J connectivity index is 2.26. The third-order valence-corrected chi connectivity index (χ3v) is 4.04. The van der Waals surface area contributed by atoms with Crippen LogP contribution < -0.4 is 16.0 Å². The number of hydrogen-bond acceptors (Lipinski definition) is 5. The van der Waals surface area contributed by atoms with Crippen LogP contribution in [0.1, 0.15) is 44.0 Å². The van der Waals surface area contributed by atoms with E-state index >= 15 is 0 Å². The molecule has 3 N–H and O–H groups in total. The second-order valence-corrected chi connectivity index (χ2v) is 5.47. The van der Waals surface area contributed by atoms with Gasteiger partial charge < -0.3 is 16.0 Å². The summed E-state index contributed by atoms with van der Waals surface area (Å²) in [5.74, 6) is 0.905. The summed E-state index contributed by atoms with van der Waals surface area (Å²) < 4.78 is 0. The molecule has 116 valence electrons. The van der Waals surface area contributed by atoms with Crippen LogP contribution in [-0.4, -0.2) is 35.2 Å². The molecule has 0 bridgehead atoms. The molecule has 1 amide bonds. The van der Waals surface area contributed by atoms with Crippen molar-refractivity contribution in [3.8, 4) is 0 Å². The van der Waals surface area contributed by atoms with Crippen molar-refractivity contribution in [1.82, 2.24) is 15.5 Å². The van der Waals surface area contributed by atoms with Crippen LogP contribution in [0.5, 0.6) is 0 Å². The number of rotatable bonds is 5. The largest absolute Gasteiger partial charge is 0.353 e. The van der Waals surface area contributed by atoms with Crippen LogP contribution in [0.25, 0.3) is 0 Å². The van der Waals surface area contributed by atoms with Crippen molar-refractivity contribution < 1.29 is 4.79 Å². The molecule has 0 spiro atoms. The Kier molecular flexibility index (Phi) is 5.12. The minimum atomic E-state index is 0.0163. The molecule has 1 saturated heterocycles. The second-order valence-electron chi connectivity index (χ2n) is 5.47. The first-order valence-corrected chi connectivity index (χ1v) is 7.70. The van der Waals surface area contributed by atoms with Crippen molar-refractivity contribution >= 4 is 11.7 Å². The predicted octanol–water partition coefficient (Wildman–Crippen LogP) is 0.775. The van der Waals surface area contributed by atoms with Gasteiger partial charge in [-0.1, -0.05) is 13.8 Å². The van der Waals surface area contributed by atoms with Gasteiger partial charge in [-0.05, 0) is 24.8 Å². The number of anilines is 1. The van der Waals surface area contributed by atoms with Crippen molar-refractivity contribution in [1.29, 1.82) is 0 Å². The average Bonchev–Trinajstić information content (AvgIpc) is 2.92. The third-order valence-electron chi connectivity index (χ3n) is 4.04. The van der Waals surface area contributed by atoms with Crippen LogP contribution in [0.15, 0.2) is 0 Å². The smallest absolute Gasteiger partial charge is 0.217 e. The number of amides is 1. The fraction of sp³-hybridized carbons (Fsp3) is 0.667. The van der Waals surface area contributed by atoms with Crippen molar-refractivity contribution in [3.63, 3.8) is 0 Å². The van der Waals surface area contributed by atoms with Crippen LogP contribution in [-0.2, 0) is 24.2 Å². The van der Waals surface area contributed by atoms with Gasteiger partial charge in [0.15, 0.2) is 5.82 Å². The fourth-order valence-corrected chi connectivity index (χ4v) is 3.07. The van der Waals surface area contributed by atoms with E-state index in [-0.39, 0.29) is 11.9 Å². The van der Waals surface area contributed by atoms with Gasteiger partial charge >= 0.3 is 0 Å². The number of aryl methyl sites for hydroxylation is 1. The molecule has 1 aliphatic heterocycles. The molecule has 2 heterocycles. The first kappa shape index (κ1) is 15.7. The first-order valence-electron chi connectivity index (χ1n) is 7.70. The normalized spacial score (nSPS) is 18.1. The van der Waals surface area contributed by atoms with Crippen LogP contribution in [0, 0.1) is 0 Å². The Morgan fingerprint density at radius 1 is 1.33 bits per heavy atom. The monoisotopic (exact) mass is 291 g/mol. The lowest BCUT2D eigenvalue weighted by Crippen LogP contribution is -2.36. The topological polar surface area (TPSA) is 84.1 Å². The summed E-state index contributed by atoms with van der Waals surface area (Å²) in [4.78, 5) is 13.4. The highest BCUT2D eigenvalue weighted by Crippen LogP contribution is 2.26. The van der Waals surface area contributed by atoms with E-state index in [4.69, 9.17) is 5.73 Å². The van der Waals surface area contributed by atoms with Crippen LogP contribution in [0.2, 0.25) is 0 Å². The van der Waals surface area contributed by atoms with E-state index in [2.05, 4.69) is 34.3 Å². The van der Waals surface area contributed by atoms with Gasteiger partial charge in [0.05, 0.1) is 5.69 Å². The summed E-state index contributed by atoms with van der Waals surface area (Å²) in [5.41, 5.74) is 9.34. The molecule has 1 aliphatic rings. The standard InChI is InChI=1S/C15H25N5O/c1-4-12-13(8-16)15(19-18-14(12)5-2)20-7-6-11(9-20)17-10(3)21/h11H,4-9,16H2,1-3H3,(H,17,21). The summed E-state index contributed by atoms with van der Waals surface area (Å²) in [6.07, 6.45) is 2.72. The second kappa shape index (κ2) is 6.85. The maximum absolute atomic E-state index is 11.2. The molecule has 1 fully saturated rings. The summed E-state index contributed by atoms with van der Waals surface area (Å²) >= 11 is 0. The molecule has 0 saturated carbocycles. The van der Waals surface area contributed by atoms with Gasteiger partial charge in [-0.3, -0.25) is 4.79 Å². The van der Waals surface area contributed by atoms with Crippen molar-refractivity contribution in [2.24, 2.45) is 5.73 Å². The number of hydrogen-bond donors (Lipinski definition) is 2. The van der Waals surface area contributed by atoms with E-state index in [0.29, 0.717) is 6.54 Å². The lowest BCUT2D eigenvalue weighted by molar-refractivity contribution is -0.119. The number of carbonyl (C=O) groups excluding carboxylic acids is 1. The van der Waals surface area contributed by atoms with E-state index < -0.39 is 0 Å². The highest BCUT2D eigenvalue weighted by Gasteiger charge is 2.27. The SMILES string of the molecule is CCc1nnc(N2CCC(NC(C)=O)C2)c(CN)c1CC. The molecule has 1 aromatic rings. The quantitative estimate of drug-likeness (QED) is 0.837. The zero-order valence-corrected chi connectivity index (χ0v) is 13.1. The van der Waals surface area contributed by atoms with Gasteiger partial charge in [0, 0.05) is 38.2 Å². The van der Waals surface area contributed by atoms with Crippen LogP contribution in [0.4, 0.5) is 5.82 Å². The van der Waals surface area contributed by atoms with E-state index in [9.17, 15) is 4.79 Å². The first-order chi connectivity index (χ1) is 10.1. The Hall–Kier alpha value is -1.69. The molecule has 0 radical (unpaired) electrons. The van der Waals surface area contributed by atoms with Gasteiger partial charge in [-0.25, -0.2) is 0 Å². The zero-order valence-electron chi connectivity index (χ0n) is 13.1. The minimum absolute atomic E-state index is 0.0163. The van der Waals surface area contributed by atoms with Gasteiger partial charge in [0.25, 0.3) is 0 Å². The molecule has 21 heavy (non-hydrogen) atoms. The van der Waals surface area contributed by atoms with Gasteiger partial charge in [-0.2, -0.15) is 5.10 Å². The molecule has 2 rings (SSSR count). The molecule has 6 nitrogen and oxygen atoms in total. The van der Waals surface area contributed by atoms with Gasteiger partial charge in [-0.15, -0.1) is 5.10 Å². The molecular formula is C15H25N5O. The zero-order chi connectivity index (χ0) is 15.4. The van der Waals surface area contributed by atoms with Gasteiger partial charge in [0.2, 0.25) is 5.91 Å². The van der Waals surface area contributed by atoms with E-state index in [1.165, 1.54) is 5.56 Å². The minimum Gasteiger partial charge on any atom is -0.353 e. The van der Waals surface area contributed by atoms with Crippen molar-refractivity contribution in [3.05, 3.63) is 16.8 Å². The number of nitrogens with two attached hydrogens (primary N) is 1. The Morgan fingerprint density at radius 3 is 2.67 bits per heavy atom. The predicted molar refractivity (Wildman–Crippen MR) is 83.1 cm³/mol. The Labute approximate surface area is 126 Å². The number of carbonyl (C=O) groups is 1. The molecule has 1 atom stereocenters. The summed E-state index contributed by atoms with van der Waals surface area (Å²) in [6, 6.07) is 0.186. The van der Waals surface area contributed by atoms with Crippen molar-refractivity contribution in [2.75, 3.05) is 18.0 Å². The summed E-state index contributed by atoms with van der Waals surface area (Å²) in [7, 11) is 0. The maximum atomic E-state index is 11.2. The summed E-state index contributed by atoms with van der Waals surface area (Å²) in [5, 5.41) is 11.8. The van der Waals surface area contributed by atoms with E-state index in [1.54, 1.807) is 6.92 Å². The van der Waals surface area contributed by atoms with E-state index in [0.717, 1.165) is 49.4 Å². The number of nitrogens with zero attached hydrogens (tertiary/aromatic N) is 3. The lowest BCUT2D eigenvalue weighted by Gasteiger charge is -2.22. The Morgan fingerprint density at radius 2 is 2.10 bits per heavy atom. The van der Waals surface area contributed by atoms with Crippen LogP contribution >= 0.6 is 0 Å². The highest BCUT2D eigenvalue weighted by molar-refractivity contribution is 5.73. The molecule has 0 aromatic carbocycles. The number of nitrogens with one attached hydrogen (secondary N) is 1. The maximum Gasteiger partial charge on any atom is 0.217 e. The summed E-state index contributed by atoms with van der Waals surface area (Å²) in [6.45, 7) is 7.90. The highest BCUT2D eigenvalue weighted by atomic mass is 16.1. The average molecular weight is 291 g/mol. The molecule has 0 aliphatic carbocycles. The molecule has 6 heteroatoms. The van der Waals surface area contributed by atoms with Gasteiger partial charge in [0.1, 0.15) is 0 Å². The lowest BCUT2D eigenvalue weighted by atomic mass is 10.0. The number of aromatic nitrogens is 2. The van der Waals surface area contributed by atoms with Crippen LogP contribution in [0.3, 0.4) is 0 Å². The Bertz CT molecular complexity index is 517. The van der Waals surface area contributed by atoms with E-state index in [1.807, 2.05) is 0 Å². The molecular weight excluding hydrogens is 266 g/mol. The van der Waals surface area contributed by atoms with Crippen molar-refractivity contribution in [2.45, 2.75) is 52.6 Å². The molecule has 1 aromatic heterocycles. The fourth-order valence-electron chi connectivity index (χ4n) is 3.07. The molecule has 1 unspecified atom stereocenters. The third kappa shape index (κ3) is 3.32.